The molecular weight excluding hydrogens is 434 g/mol. The average molecular weight is 462 g/mol. The van der Waals surface area contributed by atoms with Crippen LogP contribution in [0.4, 0.5) is 11.4 Å². The van der Waals surface area contributed by atoms with E-state index in [4.69, 9.17) is 9.26 Å². The minimum atomic E-state index is -0.208. The largest absolute Gasteiger partial charge is 0.466 e. The summed E-state index contributed by atoms with van der Waals surface area (Å²) in [5.41, 5.74) is 4.43. The van der Waals surface area contributed by atoms with Crippen molar-refractivity contribution in [1.82, 2.24) is 24.9 Å². The van der Waals surface area contributed by atoms with Gasteiger partial charge in [-0.3, -0.25) is 4.79 Å². The van der Waals surface area contributed by atoms with Crippen LogP contribution in [-0.2, 0) is 22.5 Å². The molecule has 0 bridgehead atoms. The molecule has 176 valence electrons. The van der Waals surface area contributed by atoms with E-state index in [1.165, 1.54) is 0 Å². The molecule has 1 saturated heterocycles. The van der Waals surface area contributed by atoms with Gasteiger partial charge in [0.2, 0.25) is 0 Å². The molecule has 1 aromatic carbocycles. The minimum absolute atomic E-state index is 0.0632. The van der Waals surface area contributed by atoms with E-state index in [0.29, 0.717) is 49.7 Å². The molecule has 3 aromatic heterocycles. The highest BCUT2D eigenvalue weighted by atomic mass is 16.5. The maximum Gasteiger partial charge on any atom is 0.307 e. The van der Waals surface area contributed by atoms with Crippen LogP contribution in [0.3, 0.4) is 0 Å². The highest BCUT2D eigenvalue weighted by Gasteiger charge is 2.25. The zero-order valence-electron chi connectivity index (χ0n) is 19.5. The number of aryl methyl sites for hydroxylation is 1. The number of nitrogens with one attached hydrogen (secondary N) is 1. The molecule has 1 unspecified atom stereocenters. The van der Waals surface area contributed by atoms with Crippen molar-refractivity contribution in [2.24, 2.45) is 0 Å². The van der Waals surface area contributed by atoms with Crippen LogP contribution in [0.25, 0.3) is 22.5 Å². The molecule has 0 aliphatic carbocycles. The molecule has 1 N–H and O–H groups in total. The van der Waals surface area contributed by atoms with Gasteiger partial charge in [-0.25, -0.2) is 9.67 Å². The van der Waals surface area contributed by atoms with Gasteiger partial charge in [-0.1, -0.05) is 17.3 Å². The Morgan fingerprint density at radius 1 is 1.26 bits per heavy atom. The lowest BCUT2D eigenvalue weighted by molar-refractivity contribution is -0.147. The van der Waals surface area contributed by atoms with Gasteiger partial charge in [-0.05, 0) is 24.6 Å². The number of hydrogen-bond donors (Lipinski definition) is 1. The van der Waals surface area contributed by atoms with E-state index < -0.39 is 0 Å². The zero-order chi connectivity index (χ0) is 23.7. The van der Waals surface area contributed by atoms with Crippen molar-refractivity contribution >= 4 is 28.4 Å². The lowest BCUT2D eigenvalue weighted by Gasteiger charge is -2.24. The SMILES string of the molecule is CCn1ncc2c(NC3CCOC(=O)C3)c(-c3nc(Cc4cccc(N(C)C)c4)no3)cnc21. The molecule has 10 heteroatoms. The smallest absolute Gasteiger partial charge is 0.307 e. The van der Waals surface area contributed by atoms with Gasteiger partial charge in [0.15, 0.2) is 11.5 Å². The van der Waals surface area contributed by atoms with E-state index in [1.54, 1.807) is 12.4 Å². The molecule has 0 amide bonds. The number of aromatic nitrogens is 5. The molecule has 1 fully saturated rings. The van der Waals surface area contributed by atoms with Crippen LogP contribution in [0, 0.1) is 0 Å². The van der Waals surface area contributed by atoms with Crippen molar-refractivity contribution in [3.05, 3.63) is 48.0 Å². The highest BCUT2D eigenvalue weighted by Crippen LogP contribution is 2.34. The molecule has 10 nitrogen and oxygen atoms in total. The molecule has 1 aliphatic heterocycles. The number of carbonyl (C=O) groups excluding carboxylic acids is 1. The fourth-order valence-electron chi connectivity index (χ4n) is 4.14. The first kappa shape index (κ1) is 21.9. The van der Waals surface area contributed by atoms with Gasteiger partial charge < -0.3 is 19.5 Å². The minimum Gasteiger partial charge on any atom is -0.466 e. The Labute approximate surface area is 196 Å². The first-order chi connectivity index (χ1) is 16.5. The van der Waals surface area contributed by atoms with Gasteiger partial charge >= 0.3 is 5.97 Å². The van der Waals surface area contributed by atoms with E-state index in [2.05, 4.69) is 42.6 Å². The van der Waals surface area contributed by atoms with Crippen LogP contribution < -0.4 is 10.2 Å². The third-order valence-corrected chi connectivity index (χ3v) is 5.94. The van der Waals surface area contributed by atoms with Crippen molar-refractivity contribution in [1.29, 1.82) is 0 Å². The van der Waals surface area contributed by atoms with Gasteiger partial charge in [0, 0.05) is 51.4 Å². The summed E-state index contributed by atoms with van der Waals surface area (Å²) < 4.78 is 12.6. The molecule has 0 spiro atoms. The molecule has 34 heavy (non-hydrogen) atoms. The van der Waals surface area contributed by atoms with Gasteiger partial charge in [-0.15, -0.1) is 0 Å². The van der Waals surface area contributed by atoms with Gasteiger partial charge in [-0.2, -0.15) is 10.1 Å². The van der Waals surface area contributed by atoms with E-state index in [1.807, 2.05) is 37.8 Å². The number of rotatable bonds is 7. The van der Waals surface area contributed by atoms with Gasteiger partial charge in [0.25, 0.3) is 5.89 Å². The standard InChI is InChI=1S/C24H27N7O3/c1-4-31-23-18(14-26-31)22(27-16-8-9-33-21(32)12-16)19(13-25-23)24-28-20(29-34-24)11-15-6-5-7-17(10-15)30(2)3/h5-7,10,13-14,16H,4,8-9,11-12H2,1-3H3,(H,25,27). The van der Waals surface area contributed by atoms with Crippen LogP contribution in [0.15, 0.2) is 41.2 Å². The summed E-state index contributed by atoms with van der Waals surface area (Å²) >= 11 is 0. The number of carbonyl (C=O) groups is 1. The number of anilines is 2. The monoisotopic (exact) mass is 461 g/mol. The predicted molar refractivity (Wildman–Crippen MR) is 128 cm³/mol. The molecule has 4 heterocycles. The van der Waals surface area contributed by atoms with E-state index in [9.17, 15) is 4.79 Å². The van der Waals surface area contributed by atoms with Crippen LogP contribution in [-0.4, -0.2) is 57.6 Å². The summed E-state index contributed by atoms with van der Waals surface area (Å²) in [7, 11) is 4.02. The van der Waals surface area contributed by atoms with Crippen molar-refractivity contribution in [3.8, 4) is 11.5 Å². The zero-order valence-corrected chi connectivity index (χ0v) is 19.5. The summed E-state index contributed by atoms with van der Waals surface area (Å²) in [5, 5.41) is 13.0. The summed E-state index contributed by atoms with van der Waals surface area (Å²) in [6, 6.07) is 8.17. The topological polar surface area (TPSA) is 111 Å². The fourth-order valence-corrected chi connectivity index (χ4v) is 4.14. The van der Waals surface area contributed by atoms with Crippen LogP contribution in [0.2, 0.25) is 0 Å². The lowest BCUT2D eigenvalue weighted by Crippen LogP contribution is -2.31. The Balaban J connectivity index is 1.49. The quantitative estimate of drug-likeness (QED) is 0.414. The molecule has 5 rings (SSSR count). The Kier molecular flexibility index (Phi) is 5.87. The maximum atomic E-state index is 11.8. The number of cyclic esters (lactones) is 1. The lowest BCUT2D eigenvalue weighted by atomic mass is 10.1. The van der Waals surface area contributed by atoms with Crippen molar-refractivity contribution < 1.29 is 14.1 Å². The van der Waals surface area contributed by atoms with Gasteiger partial charge in [0.1, 0.15) is 0 Å². The van der Waals surface area contributed by atoms with Crippen molar-refractivity contribution in [2.75, 3.05) is 30.9 Å². The third kappa shape index (κ3) is 4.30. The number of fused-ring (bicyclic) bond motifs is 1. The predicted octanol–water partition coefficient (Wildman–Crippen LogP) is 3.28. The van der Waals surface area contributed by atoms with E-state index in [-0.39, 0.29) is 12.0 Å². The Morgan fingerprint density at radius 3 is 2.94 bits per heavy atom. The van der Waals surface area contributed by atoms with Crippen molar-refractivity contribution in [2.45, 2.75) is 38.8 Å². The fraction of sp³-hybridized carbons (Fsp3) is 0.375. The number of benzene rings is 1. The Morgan fingerprint density at radius 2 is 2.15 bits per heavy atom. The maximum absolute atomic E-state index is 11.8. The number of esters is 1. The van der Waals surface area contributed by atoms with E-state index >= 15 is 0 Å². The molecule has 1 aliphatic rings. The second-order valence-electron chi connectivity index (χ2n) is 8.56. The van der Waals surface area contributed by atoms with Crippen molar-refractivity contribution in [3.63, 3.8) is 0 Å². The molecule has 1 atom stereocenters. The van der Waals surface area contributed by atoms with E-state index in [0.717, 1.165) is 28.0 Å². The first-order valence-electron chi connectivity index (χ1n) is 11.4. The second kappa shape index (κ2) is 9.12. The average Bonchev–Trinajstić information content (AvgIpc) is 3.46. The summed E-state index contributed by atoms with van der Waals surface area (Å²) in [5.74, 6) is 0.751. The number of nitrogens with zero attached hydrogens (tertiary/aromatic N) is 6. The van der Waals surface area contributed by atoms with Crippen LogP contribution in [0.5, 0.6) is 0 Å². The summed E-state index contributed by atoms with van der Waals surface area (Å²) in [4.78, 5) is 23.2. The summed E-state index contributed by atoms with van der Waals surface area (Å²) in [6.45, 7) is 3.11. The Hall–Kier alpha value is -3.95. The molecule has 0 saturated carbocycles. The number of hydrogen-bond acceptors (Lipinski definition) is 9. The van der Waals surface area contributed by atoms with Gasteiger partial charge in [0.05, 0.1) is 35.9 Å². The molecular formula is C24H27N7O3. The van der Waals surface area contributed by atoms with Crippen LogP contribution >= 0.6 is 0 Å². The number of ether oxygens (including phenoxy) is 1. The summed E-state index contributed by atoms with van der Waals surface area (Å²) in [6.07, 6.45) is 5.06. The molecule has 0 radical (unpaired) electrons. The normalized spacial score (nSPS) is 16.0. The first-order valence-corrected chi connectivity index (χ1v) is 11.4. The van der Waals surface area contributed by atoms with Crippen LogP contribution in [0.1, 0.15) is 31.2 Å². The molecule has 4 aromatic rings. The number of pyridine rings is 1. The Bertz CT molecular complexity index is 1330. The highest BCUT2D eigenvalue weighted by molar-refractivity contribution is 5.96. The third-order valence-electron chi connectivity index (χ3n) is 5.94. The second-order valence-corrected chi connectivity index (χ2v) is 8.56.